The summed E-state index contributed by atoms with van der Waals surface area (Å²) in [4.78, 5) is 0. The van der Waals surface area contributed by atoms with Gasteiger partial charge < -0.3 is 10.0 Å². The second kappa shape index (κ2) is 5.12. The normalized spacial score (nSPS) is 29.6. The third-order valence-corrected chi connectivity index (χ3v) is 2.20. The maximum absolute atomic E-state index is 13.1. The van der Waals surface area contributed by atoms with Gasteiger partial charge in [-0.1, -0.05) is 6.08 Å². The molecule has 4 heteroatoms. The molecule has 0 fully saturated rings. The first-order valence-corrected chi connectivity index (χ1v) is 4.72. The Bertz CT molecular complexity index is 292. The van der Waals surface area contributed by atoms with Crippen molar-refractivity contribution in [2.24, 2.45) is 0 Å². The fourth-order valence-corrected chi connectivity index (χ4v) is 1.43. The van der Waals surface area contributed by atoms with Crippen LogP contribution >= 0.6 is 0 Å². The zero-order valence-electron chi connectivity index (χ0n) is 8.20. The highest BCUT2D eigenvalue weighted by Gasteiger charge is 2.16. The lowest BCUT2D eigenvalue weighted by Gasteiger charge is -2.05. The van der Waals surface area contributed by atoms with E-state index >= 15 is 0 Å². The molecule has 0 unspecified atom stereocenters. The molecule has 14 heavy (non-hydrogen) atoms. The van der Waals surface area contributed by atoms with Crippen molar-refractivity contribution in [3.63, 3.8) is 0 Å². The fraction of sp³-hybridized carbons (Fsp3) is 0.400. The fourth-order valence-electron chi connectivity index (χ4n) is 1.43. The lowest BCUT2D eigenvalue weighted by Crippen LogP contribution is -2.16. The van der Waals surface area contributed by atoms with E-state index in [1.54, 1.807) is 13.0 Å². The minimum Gasteiger partial charge on any atom is -0.423 e. The zero-order valence-corrected chi connectivity index (χ0v) is 8.20. The van der Waals surface area contributed by atoms with Gasteiger partial charge in [-0.05, 0) is 49.4 Å². The van der Waals surface area contributed by atoms with Gasteiger partial charge in [0.1, 0.15) is 5.83 Å². The van der Waals surface area contributed by atoms with Crippen molar-refractivity contribution >= 4 is 7.12 Å². The molecule has 2 N–H and O–H groups in total. The van der Waals surface area contributed by atoms with Gasteiger partial charge in [0.15, 0.2) is 0 Å². The summed E-state index contributed by atoms with van der Waals surface area (Å²) in [5, 5.41) is 18.1. The van der Waals surface area contributed by atoms with E-state index < -0.39 is 7.12 Å². The van der Waals surface area contributed by atoms with E-state index in [4.69, 9.17) is 10.0 Å². The highest BCUT2D eigenvalue weighted by molar-refractivity contribution is 6.52. The standard InChI is InChI=1S/C10H14BFO2/c1-8-7-9(12)5-3-2-4-6-10(8)11(13)14/h5-7,13-14H,2-4H2,1H3/b8-7-,9-5-,10-6+. The Kier molecular flexibility index (Phi) is 4.10. The summed E-state index contributed by atoms with van der Waals surface area (Å²) in [7, 11) is -1.52. The molecule has 1 aliphatic carbocycles. The maximum Gasteiger partial charge on any atom is 0.488 e. The number of allylic oxidation sites excluding steroid dienone is 6. The Labute approximate surface area is 83.6 Å². The van der Waals surface area contributed by atoms with Gasteiger partial charge in [0.25, 0.3) is 0 Å². The van der Waals surface area contributed by atoms with Crippen molar-refractivity contribution in [3.8, 4) is 0 Å². The van der Waals surface area contributed by atoms with Crippen LogP contribution in [0.5, 0.6) is 0 Å². The van der Waals surface area contributed by atoms with E-state index in [1.165, 1.54) is 12.2 Å². The Hall–Kier alpha value is -0.865. The molecule has 0 saturated carbocycles. The molecule has 0 aromatic heterocycles. The minimum atomic E-state index is -1.52. The third kappa shape index (κ3) is 3.12. The molecule has 0 radical (unpaired) electrons. The molecule has 2 nitrogen and oxygen atoms in total. The van der Waals surface area contributed by atoms with E-state index in [2.05, 4.69) is 0 Å². The monoisotopic (exact) mass is 196 g/mol. The lowest BCUT2D eigenvalue weighted by molar-refractivity contribution is 0.419. The van der Waals surface area contributed by atoms with Crippen LogP contribution in [0.2, 0.25) is 0 Å². The SMILES string of the molecule is CC1=C/C(F)=C/CCC/C=C\1B(O)O. The molecule has 0 amide bonds. The first-order chi connectivity index (χ1) is 6.61. The summed E-state index contributed by atoms with van der Waals surface area (Å²) in [6, 6.07) is 0. The third-order valence-electron chi connectivity index (χ3n) is 2.20. The van der Waals surface area contributed by atoms with Crippen LogP contribution in [0.15, 0.2) is 35.1 Å². The van der Waals surface area contributed by atoms with Crippen LogP contribution in [0.3, 0.4) is 0 Å². The van der Waals surface area contributed by atoms with Crippen LogP contribution < -0.4 is 0 Å². The number of hydrogen-bond donors (Lipinski definition) is 2. The van der Waals surface area contributed by atoms with Gasteiger partial charge >= 0.3 is 7.12 Å². The first kappa shape index (κ1) is 11.2. The smallest absolute Gasteiger partial charge is 0.423 e. The van der Waals surface area contributed by atoms with Crippen LogP contribution in [0.4, 0.5) is 4.39 Å². The van der Waals surface area contributed by atoms with Crippen LogP contribution in [-0.4, -0.2) is 17.2 Å². The van der Waals surface area contributed by atoms with Crippen LogP contribution in [0.1, 0.15) is 26.2 Å². The summed E-state index contributed by atoms with van der Waals surface area (Å²) in [5.74, 6) is -0.309. The first-order valence-electron chi connectivity index (χ1n) is 4.72. The minimum absolute atomic E-state index is 0.309. The summed E-state index contributed by atoms with van der Waals surface area (Å²) in [6.07, 6.45) is 6.84. The Balaban J connectivity index is 2.96. The topological polar surface area (TPSA) is 40.5 Å². The molecular weight excluding hydrogens is 182 g/mol. The summed E-state index contributed by atoms with van der Waals surface area (Å²) >= 11 is 0. The van der Waals surface area contributed by atoms with Crippen molar-refractivity contribution in [1.82, 2.24) is 0 Å². The molecule has 76 valence electrons. The van der Waals surface area contributed by atoms with Gasteiger partial charge in [-0.25, -0.2) is 4.39 Å². The zero-order chi connectivity index (χ0) is 10.6. The highest BCUT2D eigenvalue weighted by atomic mass is 19.1. The van der Waals surface area contributed by atoms with Gasteiger partial charge in [0, 0.05) is 0 Å². The van der Waals surface area contributed by atoms with Gasteiger partial charge in [-0.3, -0.25) is 0 Å². The van der Waals surface area contributed by atoms with E-state index in [1.807, 2.05) is 0 Å². The molecule has 0 aromatic rings. The quantitative estimate of drug-likeness (QED) is 0.628. The Morgan fingerprint density at radius 3 is 2.57 bits per heavy atom. The highest BCUT2D eigenvalue weighted by Crippen LogP contribution is 2.18. The predicted molar refractivity (Wildman–Crippen MR) is 55.1 cm³/mol. The molecule has 1 rings (SSSR count). The number of halogens is 1. The molecule has 0 bridgehead atoms. The molecule has 0 aliphatic heterocycles. The largest absolute Gasteiger partial charge is 0.488 e. The Morgan fingerprint density at radius 2 is 1.93 bits per heavy atom. The van der Waals surface area contributed by atoms with Crippen molar-refractivity contribution in [2.75, 3.05) is 0 Å². The molecule has 1 aliphatic rings. The van der Waals surface area contributed by atoms with E-state index in [0.29, 0.717) is 17.5 Å². The molecule has 0 saturated heterocycles. The molecular formula is C10H14BFO2. The van der Waals surface area contributed by atoms with Gasteiger partial charge in [0.05, 0.1) is 0 Å². The van der Waals surface area contributed by atoms with Crippen LogP contribution in [-0.2, 0) is 0 Å². The van der Waals surface area contributed by atoms with E-state index in [9.17, 15) is 4.39 Å². The summed E-state index contributed by atoms with van der Waals surface area (Å²) in [5.41, 5.74) is 0.964. The van der Waals surface area contributed by atoms with E-state index in [-0.39, 0.29) is 5.83 Å². The molecule has 0 atom stereocenters. The second-order valence-corrected chi connectivity index (χ2v) is 3.38. The molecule has 0 heterocycles. The maximum atomic E-state index is 13.1. The van der Waals surface area contributed by atoms with Gasteiger partial charge in [0.2, 0.25) is 0 Å². The van der Waals surface area contributed by atoms with Crippen molar-refractivity contribution < 1.29 is 14.4 Å². The van der Waals surface area contributed by atoms with Gasteiger partial charge in [-0.2, -0.15) is 0 Å². The van der Waals surface area contributed by atoms with E-state index in [0.717, 1.165) is 12.8 Å². The Morgan fingerprint density at radius 1 is 1.29 bits per heavy atom. The lowest BCUT2D eigenvalue weighted by atomic mass is 9.74. The predicted octanol–water partition coefficient (Wildman–Crippen LogP) is 1.91. The van der Waals surface area contributed by atoms with Crippen molar-refractivity contribution in [2.45, 2.75) is 26.2 Å². The van der Waals surface area contributed by atoms with Crippen LogP contribution in [0, 0.1) is 0 Å². The average molecular weight is 196 g/mol. The van der Waals surface area contributed by atoms with Crippen molar-refractivity contribution in [3.05, 3.63) is 35.1 Å². The molecule has 0 spiro atoms. The van der Waals surface area contributed by atoms with Crippen LogP contribution in [0.25, 0.3) is 0 Å². The van der Waals surface area contributed by atoms with Crippen molar-refractivity contribution in [1.29, 1.82) is 0 Å². The number of rotatable bonds is 1. The second-order valence-electron chi connectivity index (χ2n) is 3.38. The summed E-state index contributed by atoms with van der Waals surface area (Å²) in [6.45, 7) is 1.67. The van der Waals surface area contributed by atoms with Gasteiger partial charge in [-0.15, -0.1) is 0 Å². The average Bonchev–Trinajstić information content (AvgIpc) is 2.15. The molecule has 0 aromatic carbocycles. The summed E-state index contributed by atoms with van der Waals surface area (Å²) < 4.78 is 13.1. The number of hydrogen-bond acceptors (Lipinski definition) is 2.